The Balaban J connectivity index is 2.15. The average Bonchev–Trinajstić information content (AvgIpc) is 2.42. The fraction of sp³-hybridized carbons (Fsp3) is 0.929. The van der Waals surface area contributed by atoms with Gasteiger partial charge in [0.05, 0.1) is 6.61 Å². The lowest BCUT2D eigenvalue weighted by Crippen LogP contribution is -2.39. The number of guanidine groups is 1. The number of hydrogen-bond acceptors (Lipinski definition) is 3. The molecule has 0 saturated carbocycles. The SMILES string of the molecule is CCNC(=NCCCN1CCC(C)CC1)NCCO. The Morgan fingerprint density at radius 1 is 1.32 bits per heavy atom. The van der Waals surface area contributed by atoms with Crippen molar-refractivity contribution in [2.24, 2.45) is 10.9 Å². The predicted octanol–water partition coefficient (Wildman–Crippen LogP) is 0.656. The molecule has 0 radical (unpaired) electrons. The van der Waals surface area contributed by atoms with Crippen LogP contribution in [0.4, 0.5) is 0 Å². The number of likely N-dealkylation sites (tertiary alicyclic amines) is 1. The molecule has 1 aliphatic heterocycles. The van der Waals surface area contributed by atoms with Gasteiger partial charge in [0, 0.05) is 19.6 Å². The van der Waals surface area contributed by atoms with Crippen molar-refractivity contribution in [1.82, 2.24) is 15.5 Å². The van der Waals surface area contributed by atoms with Gasteiger partial charge in [0.2, 0.25) is 0 Å². The predicted molar refractivity (Wildman–Crippen MR) is 80.5 cm³/mol. The molecule has 5 nitrogen and oxygen atoms in total. The molecule has 0 unspecified atom stereocenters. The lowest BCUT2D eigenvalue weighted by atomic mass is 9.99. The van der Waals surface area contributed by atoms with E-state index in [4.69, 9.17) is 5.11 Å². The molecule has 0 amide bonds. The van der Waals surface area contributed by atoms with Crippen LogP contribution < -0.4 is 10.6 Å². The highest BCUT2D eigenvalue weighted by Gasteiger charge is 2.14. The molecule has 19 heavy (non-hydrogen) atoms. The van der Waals surface area contributed by atoms with Gasteiger partial charge in [0.1, 0.15) is 0 Å². The molecule has 0 bridgehead atoms. The average molecular weight is 270 g/mol. The van der Waals surface area contributed by atoms with Gasteiger partial charge in [-0.1, -0.05) is 6.92 Å². The standard InChI is InChI=1S/C14H30N4O/c1-3-15-14(17-8-12-19)16-7-4-9-18-10-5-13(2)6-11-18/h13,19H,3-12H2,1-2H3,(H2,15,16,17). The highest BCUT2D eigenvalue weighted by Crippen LogP contribution is 2.15. The van der Waals surface area contributed by atoms with E-state index in [1.54, 1.807) is 0 Å². The third-order valence-corrected chi connectivity index (χ3v) is 3.53. The fourth-order valence-corrected chi connectivity index (χ4v) is 2.29. The fourth-order valence-electron chi connectivity index (χ4n) is 2.29. The minimum atomic E-state index is 0.135. The number of aliphatic hydroxyl groups is 1. The molecule has 3 N–H and O–H groups in total. The van der Waals surface area contributed by atoms with Gasteiger partial charge in [-0.05, 0) is 51.7 Å². The van der Waals surface area contributed by atoms with Crippen LogP contribution >= 0.6 is 0 Å². The lowest BCUT2D eigenvalue weighted by molar-refractivity contribution is 0.191. The molecular weight excluding hydrogens is 240 g/mol. The summed E-state index contributed by atoms with van der Waals surface area (Å²) in [5.41, 5.74) is 0. The molecule has 1 fully saturated rings. The van der Waals surface area contributed by atoms with E-state index in [1.807, 2.05) is 6.92 Å². The number of aliphatic imine (C=N–C) groups is 1. The van der Waals surface area contributed by atoms with E-state index in [-0.39, 0.29) is 6.61 Å². The minimum Gasteiger partial charge on any atom is -0.395 e. The Labute approximate surface area is 117 Å². The topological polar surface area (TPSA) is 59.9 Å². The molecule has 112 valence electrons. The van der Waals surface area contributed by atoms with Crippen molar-refractivity contribution in [3.63, 3.8) is 0 Å². The molecule has 5 heteroatoms. The largest absolute Gasteiger partial charge is 0.395 e. The summed E-state index contributed by atoms with van der Waals surface area (Å²) in [4.78, 5) is 7.05. The molecule has 0 aliphatic carbocycles. The van der Waals surface area contributed by atoms with E-state index in [0.717, 1.165) is 37.9 Å². The Morgan fingerprint density at radius 3 is 2.68 bits per heavy atom. The first-order valence-electron chi connectivity index (χ1n) is 7.61. The summed E-state index contributed by atoms with van der Waals surface area (Å²) in [5, 5.41) is 15.1. The van der Waals surface area contributed by atoms with Crippen LogP contribution in [0.2, 0.25) is 0 Å². The molecule has 0 aromatic rings. The quantitative estimate of drug-likeness (QED) is 0.361. The van der Waals surface area contributed by atoms with E-state index >= 15 is 0 Å². The molecule has 0 aromatic carbocycles. The smallest absolute Gasteiger partial charge is 0.191 e. The third kappa shape index (κ3) is 7.38. The van der Waals surface area contributed by atoms with Crippen LogP contribution in [0.1, 0.15) is 33.1 Å². The van der Waals surface area contributed by atoms with Crippen molar-refractivity contribution in [2.45, 2.75) is 33.1 Å². The Kier molecular flexibility index (Phi) is 8.58. The van der Waals surface area contributed by atoms with Gasteiger partial charge in [-0.25, -0.2) is 0 Å². The van der Waals surface area contributed by atoms with Crippen LogP contribution in [-0.2, 0) is 0 Å². The highest BCUT2D eigenvalue weighted by atomic mass is 16.3. The van der Waals surface area contributed by atoms with Crippen LogP contribution in [0.25, 0.3) is 0 Å². The zero-order valence-corrected chi connectivity index (χ0v) is 12.5. The van der Waals surface area contributed by atoms with Gasteiger partial charge in [0.15, 0.2) is 5.96 Å². The Bertz CT molecular complexity index is 250. The molecular formula is C14H30N4O. The van der Waals surface area contributed by atoms with Gasteiger partial charge in [0.25, 0.3) is 0 Å². The summed E-state index contributed by atoms with van der Waals surface area (Å²) in [6, 6.07) is 0. The molecule has 0 atom stereocenters. The lowest BCUT2D eigenvalue weighted by Gasteiger charge is -2.29. The Hall–Kier alpha value is -0.810. The van der Waals surface area contributed by atoms with E-state index in [1.165, 1.54) is 25.9 Å². The maximum atomic E-state index is 8.79. The normalized spacial score (nSPS) is 18.6. The zero-order valence-electron chi connectivity index (χ0n) is 12.5. The highest BCUT2D eigenvalue weighted by molar-refractivity contribution is 5.79. The number of nitrogens with zero attached hydrogens (tertiary/aromatic N) is 2. The number of nitrogens with one attached hydrogen (secondary N) is 2. The monoisotopic (exact) mass is 270 g/mol. The summed E-state index contributed by atoms with van der Waals surface area (Å²) < 4.78 is 0. The summed E-state index contributed by atoms with van der Waals surface area (Å²) in [7, 11) is 0. The van der Waals surface area contributed by atoms with E-state index in [0.29, 0.717) is 6.54 Å². The summed E-state index contributed by atoms with van der Waals surface area (Å²) in [6.45, 7) is 10.4. The van der Waals surface area contributed by atoms with Crippen LogP contribution in [0.5, 0.6) is 0 Å². The van der Waals surface area contributed by atoms with Crippen LogP contribution in [0, 0.1) is 5.92 Å². The second-order valence-corrected chi connectivity index (χ2v) is 5.29. The van der Waals surface area contributed by atoms with E-state index in [9.17, 15) is 0 Å². The number of rotatable bonds is 7. The Morgan fingerprint density at radius 2 is 2.05 bits per heavy atom. The van der Waals surface area contributed by atoms with Crippen LogP contribution in [-0.4, -0.2) is 61.8 Å². The zero-order chi connectivity index (χ0) is 13.9. The van der Waals surface area contributed by atoms with Crippen LogP contribution in [0.3, 0.4) is 0 Å². The summed E-state index contributed by atoms with van der Waals surface area (Å²) in [5.74, 6) is 1.71. The molecule has 0 aromatic heterocycles. The minimum absolute atomic E-state index is 0.135. The second kappa shape index (κ2) is 10.0. The van der Waals surface area contributed by atoms with E-state index in [2.05, 4.69) is 27.4 Å². The van der Waals surface area contributed by atoms with Crippen molar-refractivity contribution in [3.05, 3.63) is 0 Å². The van der Waals surface area contributed by atoms with Crippen molar-refractivity contribution in [3.8, 4) is 0 Å². The molecule has 1 saturated heterocycles. The summed E-state index contributed by atoms with van der Waals surface area (Å²) >= 11 is 0. The summed E-state index contributed by atoms with van der Waals surface area (Å²) in [6.07, 6.45) is 3.78. The van der Waals surface area contributed by atoms with Crippen molar-refractivity contribution < 1.29 is 5.11 Å². The number of hydrogen-bond donors (Lipinski definition) is 3. The van der Waals surface area contributed by atoms with Crippen molar-refractivity contribution in [2.75, 3.05) is 45.9 Å². The van der Waals surface area contributed by atoms with E-state index < -0.39 is 0 Å². The number of aliphatic hydroxyl groups excluding tert-OH is 1. The first-order chi connectivity index (χ1) is 9.26. The van der Waals surface area contributed by atoms with Gasteiger partial charge in [-0.3, -0.25) is 4.99 Å². The maximum Gasteiger partial charge on any atom is 0.191 e. The molecule has 1 aliphatic rings. The van der Waals surface area contributed by atoms with Crippen molar-refractivity contribution >= 4 is 5.96 Å². The van der Waals surface area contributed by atoms with Crippen molar-refractivity contribution in [1.29, 1.82) is 0 Å². The van der Waals surface area contributed by atoms with Crippen LogP contribution in [0.15, 0.2) is 4.99 Å². The first-order valence-corrected chi connectivity index (χ1v) is 7.61. The van der Waals surface area contributed by atoms with Gasteiger partial charge < -0.3 is 20.6 Å². The van der Waals surface area contributed by atoms with Gasteiger partial charge >= 0.3 is 0 Å². The molecule has 1 rings (SSSR count). The first kappa shape index (κ1) is 16.2. The van der Waals surface area contributed by atoms with Gasteiger partial charge in [-0.15, -0.1) is 0 Å². The third-order valence-electron chi connectivity index (χ3n) is 3.53. The number of piperidine rings is 1. The molecule has 0 spiro atoms. The second-order valence-electron chi connectivity index (χ2n) is 5.29. The maximum absolute atomic E-state index is 8.79. The molecule has 1 heterocycles. The van der Waals surface area contributed by atoms with Gasteiger partial charge in [-0.2, -0.15) is 0 Å².